The molecule has 0 N–H and O–H groups in total. The zero-order valence-corrected chi connectivity index (χ0v) is 15.1. The van der Waals surface area contributed by atoms with Gasteiger partial charge in [0.1, 0.15) is 5.69 Å². The van der Waals surface area contributed by atoms with Gasteiger partial charge in [-0.2, -0.15) is 5.10 Å². The molecule has 5 rings (SSSR count). The maximum Gasteiger partial charge on any atom is 0.298 e. The van der Waals surface area contributed by atoms with Crippen molar-refractivity contribution in [3.63, 3.8) is 0 Å². The fraction of sp³-hybridized carbons (Fsp3) is 0. The average Bonchev–Trinajstić information content (AvgIpc) is 3.38. The molecule has 0 saturated carbocycles. The second-order valence-corrected chi connectivity index (χ2v) is 6.39. The lowest BCUT2D eigenvalue weighted by Gasteiger charge is -2.05. The number of benzene rings is 2. The van der Waals surface area contributed by atoms with Crippen LogP contribution in [0, 0.1) is 10.1 Å². The molecule has 2 aromatic carbocycles. The molecule has 3 aromatic heterocycles. The predicted octanol–water partition coefficient (Wildman–Crippen LogP) is 3.85. The minimum Gasteiger partial charge on any atom is -0.422 e. The molecule has 0 radical (unpaired) electrons. The summed E-state index contributed by atoms with van der Waals surface area (Å²) in [7, 11) is 0. The molecule has 0 aliphatic heterocycles. The van der Waals surface area contributed by atoms with Crippen molar-refractivity contribution in [3.8, 4) is 22.8 Å². The van der Waals surface area contributed by atoms with Crippen molar-refractivity contribution < 1.29 is 9.34 Å². The Morgan fingerprint density at radius 3 is 2.66 bits per heavy atom. The first-order valence-electron chi connectivity index (χ1n) is 8.24. The number of aromatic nitrogens is 6. The maximum atomic E-state index is 11.6. The first kappa shape index (κ1) is 17.1. The number of nitro groups is 1. The fourth-order valence-corrected chi connectivity index (χ4v) is 3.31. The number of nitrogens with zero attached hydrogens (tertiary/aromatic N) is 7. The monoisotopic (exact) mass is 405 g/mol. The molecule has 5 aromatic rings. The molecule has 29 heavy (non-hydrogen) atoms. The maximum absolute atomic E-state index is 11.6. The molecule has 0 atom stereocenters. The zero-order valence-electron chi connectivity index (χ0n) is 14.4. The van der Waals surface area contributed by atoms with Gasteiger partial charge in [0, 0.05) is 22.0 Å². The molecule has 3 heterocycles. The summed E-state index contributed by atoms with van der Waals surface area (Å²) in [5.41, 5.74) is 1.61. The second-order valence-electron chi connectivity index (χ2n) is 5.98. The van der Waals surface area contributed by atoms with E-state index in [1.165, 1.54) is 24.9 Å². The summed E-state index contributed by atoms with van der Waals surface area (Å²) >= 11 is 6.41. The highest BCUT2D eigenvalue weighted by Crippen LogP contribution is 2.37. The second kappa shape index (κ2) is 6.53. The minimum absolute atomic E-state index is 0.144. The van der Waals surface area contributed by atoms with E-state index in [1.807, 2.05) is 0 Å². The van der Waals surface area contributed by atoms with Crippen LogP contribution < -0.4 is 0 Å². The molecule has 0 unspecified atom stereocenters. The van der Waals surface area contributed by atoms with Gasteiger partial charge in [0.15, 0.2) is 5.52 Å². The molecule has 0 aliphatic rings. The highest BCUT2D eigenvalue weighted by molar-refractivity contribution is 6.33. The molecule has 11 heteroatoms. The van der Waals surface area contributed by atoms with Gasteiger partial charge in [-0.1, -0.05) is 29.8 Å². The van der Waals surface area contributed by atoms with Gasteiger partial charge in [0.25, 0.3) is 11.6 Å². The van der Waals surface area contributed by atoms with Gasteiger partial charge in [-0.3, -0.25) is 15.1 Å². The molecule has 0 saturated heterocycles. The lowest BCUT2D eigenvalue weighted by molar-refractivity contribution is -0.383. The Hall–Kier alpha value is -4.05. The zero-order chi connectivity index (χ0) is 20.0. The fourth-order valence-electron chi connectivity index (χ4n) is 3.08. The number of hydrogen-bond donors (Lipinski definition) is 0. The van der Waals surface area contributed by atoms with E-state index in [1.54, 1.807) is 24.3 Å². The molecule has 0 fully saturated rings. The standard InChI is InChI=1S/C18H8ClN7O3/c19-12-4-2-1-3-9(12)16-10-5-14(26(27)28)17-11(6-21-24-17)15(10)20-7-13(23-16)18-25-22-8-29-18/h1-8H. The van der Waals surface area contributed by atoms with Crippen molar-refractivity contribution in [1.82, 2.24) is 30.4 Å². The molecule has 140 valence electrons. The minimum atomic E-state index is -0.515. The summed E-state index contributed by atoms with van der Waals surface area (Å²) in [6.45, 7) is 0. The Kier molecular flexibility index (Phi) is 3.85. The number of hydrogen-bond acceptors (Lipinski definition) is 9. The van der Waals surface area contributed by atoms with E-state index in [4.69, 9.17) is 16.0 Å². The number of non-ortho nitro benzene ring substituents is 1. The van der Waals surface area contributed by atoms with Gasteiger partial charge < -0.3 is 4.42 Å². The molecular formula is C18H8ClN7O3. The van der Waals surface area contributed by atoms with Gasteiger partial charge in [0.2, 0.25) is 6.39 Å². The number of rotatable bonds is 3. The van der Waals surface area contributed by atoms with Crippen LogP contribution in [0.5, 0.6) is 0 Å². The van der Waals surface area contributed by atoms with Crippen LogP contribution in [0.3, 0.4) is 0 Å². The van der Waals surface area contributed by atoms with E-state index in [-0.39, 0.29) is 22.8 Å². The van der Waals surface area contributed by atoms with Gasteiger partial charge >= 0.3 is 0 Å². The van der Waals surface area contributed by atoms with Crippen LogP contribution in [0.4, 0.5) is 5.69 Å². The van der Waals surface area contributed by atoms with Crippen LogP contribution >= 0.6 is 11.6 Å². The first-order valence-corrected chi connectivity index (χ1v) is 8.62. The largest absolute Gasteiger partial charge is 0.422 e. The van der Waals surface area contributed by atoms with E-state index >= 15 is 0 Å². The third-order valence-electron chi connectivity index (χ3n) is 4.34. The summed E-state index contributed by atoms with van der Waals surface area (Å²) < 4.78 is 5.25. The van der Waals surface area contributed by atoms with Crippen LogP contribution in [0.15, 0.2) is 53.5 Å². The van der Waals surface area contributed by atoms with Gasteiger partial charge in [-0.05, 0) is 6.07 Å². The van der Waals surface area contributed by atoms with E-state index in [9.17, 15) is 10.1 Å². The average molecular weight is 406 g/mol. The van der Waals surface area contributed by atoms with E-state index in [0.717, 1.165) is 0 Å². The molecular weight excluding hydrogens is 398 g/mol. The van der Waals surface area contributed by atoms with Crippen LogP contribution in [0.2, 0.25) is 5.02 Å². The van der Waals surface area contributed by atoms with Crippen molar-refractivity contribution in [3.05, 3.63) is 64.3 Å². The van der Waals surface area contributed by atoms with Crippen molar-refractivity contribution >= 4 is 39.1 Å². The van der Waals surface area contributed by atoms with Crippen molar-refractivity contribution in [1.29, 1.82) is 0 Å². The lowest BCUT2D eigenvalue weighted by atomic mass is 10.0. The summed E-state index contributed by atoms with van der Waals surface area (Å²) in [6.07, 6.45) is 4.06. The summed E-state index contributed by atoms with van der Waals surface area (Å²) in [5, 5.41) is 28.2. The number of nitro benzene ring substituents is 1. The molecule has 0 bridgehead atoms. The quantitative estimate of drug-likeness (QED) is 0.324. The molecule has 10 nitrogen and oxygen atoms in total. The van der Waals surface area contributed by atoms with Crippen molar-refractivity contribution in [2.45, 2.75) is 0 Å². The Morgan fingerprint density at radius 2 is 1.90 bits per heavy atom. The van der Waals surface area contributed by atoms with Gasteiger partial charge in [-0.25, -0.2) is 4.98 Å². The highest BCUT2D eigenvalue weighted by Gasteiger charge is 2.22. The van der Waals surface area contributed by atoms with Crippen molar-refractivity contribution in [2.24, 2.45) is 0 Å². The topological polar surface area (TPSA) is 134 Å². The highest BCUT2D eigenvalue weighted by atomic mass is 35.5. The summed E-state index contributed by atoms with van der Waals surface area (Å²) in [6, 6.07) is 8.41. The number of halogens is 1. The third-order valence-corrected chi connectivity index (χ3v) is 4.67. The van der Waals surface area contributed by atoms with E-state index in [0.29, 0.717) is 32.6 Å². The molecule has 0 spiro atoms. The Morgan fingerprint density at radius 1 is 1.03 bits per heavy atom. The smallest absolute Gasteiger partial charge is 0.298 e. The lowest BCUT2D eigenvalue weighted by Crippen LogP contribution is -1.92. The van der Waals surface area contributed by atoms with E-state index < -0.39 is 4.92 Å². The Bertz CT molecular complexity index is 1410. The van der Waals surface area contributed by atoms with Gasteiger partial charge in [0.05, 0.1) is 33.9 Å². The predicted molar refractivity (Wildman–Crippen MR) is 103 cm³/mol. The van der Waals surface area contributed by atoms with Gasteiger partial charge in [-0.15, -0.1) is 15.3 Å². The molecule has 0 amide bonds. The van der Waals surface area contributed by atoms with Crippen LogP contribution in [0.1, 0.15) is 0 Å². The number of fused-ring (bicyclic) bond motifs is 3. The van der Waals surface area contributed by atoms with Crippen molar-refractivity contribution in [2.75, 3.05) is 0 Å². The first-order chi connectivity index (χ1) is 14.1. The Balaban J connectivity index is 1.99. The summed E-state index contributed by atoms with van der Waals surface area (Å²) in [5.74, 6) is 0.149. The van der Waals surface area contributed by atoms with Crippen LogP contribution in [0.25, 0.3) is 44.6 Å². The van der Waals surface area contributed by atoms with E-state index in [2.05, 4.69) is 30.4 Å². The SMILES string of the molecule is O=[N+]([O-])c1cc2c(-c3ccccc3Cl)nc(-c3nnco3)cnc2c2cnnc12. The third kappa shape index (κ3) is 2.74. The molecule has 0 aliphatic carbocycles. The Labute approximate surface area is 166 Å². The van der Waals surface area contributed by atoms with Crippen LogP contribution in [-0.2, 0) is 0 Å². The van der Waals surface area contributed by atoms with Crippen LogP contribution in [-0.4, -0.2) is 35.3 Å². The normalized spacial score (nSPS) is 11.2. The summed E-state index contributed by atoms with van der Waals surface area (Å²) in [4.78, 5) is 20.2.